The molecule has 0 saturated heterocycles. The van der Waals surface area contributed by atoms with Crippen molar-refractivity contribution >= 4 is 12.2 Å². The molecule has 100 valence electrons. The van der Waals surface area contributed by atoms with E-state index in [-0.39, 0.29) is 12.5 Å². The quantitative estimate of drug-likeness (QED) is 0.929. The summed E-state index contributed by atoms with van der Waals surface area (Å²) >= 11 is 0. The molecule has 0 amide bonds. The van der Waals surface area contributed by atoms with Gasteiger partial charge in [0, 0.05) is 6.08 Å². The van der Waals surface area contributed by atoms with E-state index >= 15 is 0 Å². The Morgan fingerprint density at radius 1 is 1.16 bits per heavy atom. The third-order valence-electron chi connectivity index (χ3n) is 2.39. The standard InChI is InChI=1S/C13H10F3NO2/c14-13(15,16)10-4-1-9(2-5-10)3-6-12-17-11(7-18)8-19-12/h1-6,8,18H,7H2/b6-3+. The number of hydrogen-bond donors (Lipinski definition) is 1. The van der Waals surface area contributed by atoms with Crippen LogP contribution in [0.2, 0.25) is 0 Å². The molecular weight excluding hydrogens is 259 g/mol. The Balaban J connectivity index is 2.11. The highest BCUT2D eigenvalue weighted by Crippen LogP contribution is 2.29. The molecule has 2 aromatic rings. The molecular formula is C13H10F3NO2. The van der Waals surface area contributed by atoms with E-state index in [4.69, 9.17) is 9.52 Å². The molecule has 0 unspecified atom stereocenters. The van der Waals surface area contributed by atoms with Gasteiger partial charge in [0.05, 0.1) is 12.2 Å². The Morgan fingerprint density at radius 2 is 1.84 bits per heavy atom. The van der Waals surface area contributed by atoms with Crippen LogP contribution in [0.25, 0.3) is 12.2 Å². The van der Waals surface area contributed by atoms with E-state index in [9.17, 15) is 13.2 Å². The number of aliphatic hydroxyl groups excluding tert-OH is 1. The van der Waals surface area contributed by atoms with Crippen molar-refractivity contribution in [2.45, 2.75) is 12.8 Å². The lowest BCUT2D eigenvalue weighted by molar-refractivity contribution is -0.137. The molecule has 0 bridgehead atoms. The number of rotatable bonds is 3. The fraction of sp³-hybridized carbons (Fsp3) is 0.154. The molecule has 0 spiro atoms. The van der Waals surface area contributed by atoms with Crippen molar-refractivity contribution in [2.75, 3.05) is 0 Å². The zero-order chi connectivity index (χ0) is 13.9. The van der Waals surface area contributed by atoms with Gasteiger partial charge in [0.15, 0.2) is 0 Å². The lowest BCUT2D eigenvalue weighted by Crippen LogP contribution is -2.03. The maximum atomic E-state index is 12.3. The summed E-state index contributed by atoms with van der Waals surface area (Å²) in [6.07, 6.45) is 0.0716. The predicted octanol–water partition coefficient (Wildman–Crippen LogP) is 3.36. The highest BCUT2D eigenvalue weighted by Gasteiger charge is 2.29. The van der Waals surface area contributed by atoms with Crippen molar-refractivity contribution < 1.29 is 22.7 Å². The van der Waals surface area contributed by atoms with Gasteiger partial charge < -0.3 is 9.52 Å². The van der Waals surface area contributed by atoms with E-state index < -0.39 is 11.7 Å². The molecule has 19 heavy (non-hydrogen) atoms. The molecule has 0 atom stereocenters. The van der Waals surface area contributed by atoms with E-state index in [0.29, 0.717) is 11.3 Å². The van der Waals surface area contributed by atoms with Gasteiger partial charge in [0.2, 0.25) is 5.89 Å². The molecule has 3 nitrogen and oxygen atoms in total. The van der Waals surface area contributed by atoms with Crippen molar-refractivity contribution in [3.8, 4) is 0 Å². The van der Waals surface area contributed by atoms with Gasteiger partial charge in [0.1, 0.15) is 12.0 Å². The first-order valence-corrected chi connectivity index (χ1v) is 5.39. The topological polar surface area (TPSA) is 46.3 Å². The first-order chi connectivity index (χ1) is 8.99. The monoisotopic (exact) mass is 269 g/mol. The number of halogens is 3. The second kappa shape index (κ2) is 5.27. The van der Waals surface area contributed by atoms with Crippen LogP contribution in [0, 0.1) is 0 Å². The number of aromatic nitrogens is 1. The molecule has 1 heterocycles. The average molecular weight is 269 g/mol. The SMILES string of the molecule is OCc1coc(/C=C/c2ccc(C(F)(F)F)cc2)n1. The second-order valence-corrected chi connectivity index (χ2v) is 3.79. The lowest BCUT2D eigenvalue weighted by atomic mass is 10.1. The van der Waals surface area contributed by atoms with E-state index in [0.717, 1.165) is 12.1 Å². The first-order valence-electron chi connectivity index (χ1n) is 5.39. The Bertz CT molecular complexity index is 570. The van der Waals surface area contributed by atoms with Crippen LogP contribution >= 0.6 is 0 Å². The van der Waals surface area contributed by atoms with Crippen LogP contribution in [0.4, 0.5) is 13.2 Å². The fourth-order valence-corrected chi connectivity index (χ4v) is 1.42. The maximum Gasteiger partial charge on any atom is 0.416 e. The summed E-state index contributed by atoms with van der Waals surface area (Å²) in [5, 5.41) is 8.79. The summed E-state index contributed by atoms with van der Waals surface area (Å²) < 4.78 is 42.1. The number of oxazole rings is 1. The van der Waals surface area contributed by atoms with Gasteiger partial charge >= 0.3 is 6.18 Å². The summed E-state index contributed by atoms with van der Waals surface area (Å²) in [5.74, 6) is 0.281. The number of benzene rings is 1. The minimum Gasteiger partial charge on any atom is -0.445 e. The van der Waals surface area contributed by atoms with Crippen LogP contribution < -0.4 is 0 Å². The molecule has 0 fully saturated rings. The fourth-order valence-electron chi connectivity index (χ4n) is 1.42. The maximum absolute atomic E-state index is 12.3. The molecule has 1 N–H and O–H groups in total. The third-order valence-corrected chi connectivity index (χ3v) is 2.39. The molecule has 0 aliphatic rings. The Labute approximate surface area is 107 Å². The zero-order valence-corrected chi connectivity index (χ0v) is 9.69. The van der Waals surface area contributed by atoms with Crippen molar-refractivity contribution in [3.05, 3.63) is 53.2 Å². The molecule has 1 aromatic carbocycles. The molecule has 6 heteroatoms. The predicted molar refractivity (Wildman–Crippen MR) is 62.8 cm³/mol. The van der Waals surface area contributed by atoms with Gasteiger partial charge in [-0.1, -0.05) is 12.1 Å². The molecule has 0 aliphatic heterocycles. The third kappa shape index (κ3) is 3.45. The summed E-state index contributed by atoms with van der Waals surface area (Å²) in [6, 6.07) is 4.73. The average Bonchev–Trinajstić information content (AvgIpc) is 2.84. The molecule has 0 aliphatic carbocycles. The van der Waals surface area contributed by atoms with Gasteiger partial charge in [-0.25, -0.2) is 4.98 Å². The minimum absolute atomic E-state index is 0.225. The number of nitrogens with zero attached hydrogens (tertiary/aromatic N) is 1. The molecule has 0 saturated carbocycles. The number of alkyl halides is 3. The Kier molecular flexibility index (Phi) is 3.71. The van der Waals surface area contributed by atoms with E-state index in [2.05, 4.69) is 4.98 Å². The lowest BCUT2D eigenvalue weighted by Gasteiger charge is -2.05. The van der Waals surface area contributed by atoms with Gasteiger partial charge in [-0.05, 0) is 23.8 Å². The second-order valence-electron chi connectivity index (χ2n) is 3.79. The van der Waals surface area contributed by atoms with Crippen molar-refractivity contribution in [1.82, 2.24) is 4.98 Å². The highest BCUT2D eigenvalue weighted by atomic mass is 19.4. The van der Waals surface area contributed by atoms with Gasteiger partial charge in [-0.3, -0.25) is 0 Å². The molecule has 1 aromatic heterocycles. The highest BCUT2D eigenvalue weighted by molar-refractivity contribution is 5.66. The number of aliphatic hydroxyl groups is 1. The van der Waals surface area contributed by atoms with Crippen molar-refractivity contribution in [3.63, 3.8) is 0 Å². The zero-order valence-electron chi connectivity index (χ0n) is 9.69. The first kappa shape index (κ1) is 13.4. The molecule has 0 radical (unpaired) electrons. The van der Waals surface area contributed by atoms with Crippen LogP contribution in [0.3, 0.4) is 0 Å². The van der Waals surface area contributed by atoms with E-state index in [1.165, 1.54) is 24.5 Å². The summed E-state index contributed by atoms with van der Waals surface area (Å²) in [5.41, 5.74) is 0.298. The summed E-state index contributed by atoms with van der Waals surface area (Å²) in [7, 11) is 0. The van der Waals surface area contributed by atoms with Crippen LogP contribution in [-0.4, -0.2) is 10.1 Å². The van der Waals surface area contributed by atoms with E-state index in [1.54, 1.807) is 6.08 Å². The largest absolute Gasteiger partial charge is 0.445 e. The molecule has 2 rings (SSSR count). The van der Waals surface area contributed by atoms with Crippen LogP contribution in [0.5, 0.6) is 0 Å². The summed E-state index contributed by atoms with van der Waals surface area (Å²) in [4.78, 5) is 3.92. The Hall–Kier alpha value is -2.08. The Morgan fingerprint density at radius 3 is 2.37 bits per heavy atom. The minimum atomic E-state index is -4.33. The van der Waals surface area contributed by atoms with Crippen molar-refractivity contribution in [2.24, 2.45) is 0 Å². The van der Waals surface area contributed by atoms with Gasteiger partial charge in [-0.2, -0.15) is 13.2 Å². The van der Waals surface area contributed by atoms with E-state index in [1.807, 2.05) is 0 Å². The number of hydrogen-bond acceptors (Lipinski definition) is 3. The normalized spacial score (nSPS) is 12.2. The van der Waals surface area contributed by atoms with Crippen molar-refractivity contribution in [1.29, 1.82) is 0 Å². The van der Waals surface area contributed by atoms with Gasteiger partial charge in [0.25, 0.3) is 0 Å². The summed E-state index contributed by atoms with van der Waals surface area (Å²) in [6.45, 7) is -0.225. The van der Waals surface area contributed by atoms with Crippen LogP contribution in [-0.2, 0) is 12.8 Å². The smallest absolute Gasteiger partial charge is 0.416 e. The van der Waals surface area contributed by atoms with Gasteiger partial charge in [-0.15, -0.1) is 0 Å². The van der Waals surface area contributed by atoms with Crippen LogP contribution in [0.1, 0.15) is 22.7 Å². The van der Waals surface area contributed by atoms with Crippen LogP contribution in [0.15, 0.2) is 34.9 Å².